The monoisotopic (exact) mass is 281 g/mol. The number of nitro groups is 1. The molecule has 0 spiro atoms. The van der Waals surface area contributed by atoms with Gasteiger partial charge in [0.05, 0.1) is 4.92 Å². The molecule has 1 aromatic carbocycles. The number of fused-ring (bicyclic) bond motifs is 1. The Morgan fingerprint density at radius 1 is 1.19 bits per heavy atom. The number of aldehydes is 1. The lowest BCUT2D eigenvalue weighted by Gasteiger charge is -2.01. The number of benzene rings is 1. The second-order valence-corrected chi connectivity index (χ2v) is 4.63. The van der Waals surface area contributed by atoms with Crippen LogP contribution in [0.4, 0.5) is 5.69 Å². The van der Waals surface area contributed by atoms with Gasteiger partial charge >= 0.3 is 0 Å². The lowest BCUT2D eigenvalue weighted by atomic mass is 10.1. The maximum absolute atomic E-state index is 11.4. The molecule has 0 atom stereocenters. The number of aryl methyl sites for hydroxylation is 1. The molecule has 3 aromatic rings. The van der Waals surface area contributed by atoms with E-state index >= 15 is 0 Å². The van der Waals surface area contributed by atoms with Crippen LogP contribution in [0.2, 0.25) is 0 Å². The number of aromatic nitrogens is 2. The van der Waals surface area contributed by atoms with Gasteiger partial charge in [-0.2, -0.15) is 0 Å². The van der Waals surface area contributed by atoms with Gasteiger partial charge in [-0.05, 0) is 31.2 Å². The quantitative estimate of drug-likeness (QED) is 0.420. The number of carbonyl (C=O) groups excluding carboxylic acids is 1. The van der Waals surface area contributed by atoms with Gasteiger partial charge in [0.2, 0.25) is 0 Å². The van der Waals surface area contributed by atoms with Gasteiger partial charge in [0, 0.05) is 23.4 Å². The molecule has 104 valence electrons. The van der Waals surface area contributed by atoms with Crippen molar-refractivity contribution in [3.8, 4) is 11.3 Å². The second-order valence-electron chi connectivity index (χ2n) is 4.63. The third-order valence-electron chi connectivity index (χ3n) is 3.34. The summed E-state index contributed by atoms with van der Waals surface area (Å²) in [6.45, 7) is 1.89. The van der Waals surface area contributed by atoms with E-state index in [0.29, 0.717) is 22.6 Å². The molecule has 3 rings (SSSR count). The molecule has 0 aliphatic carbocycles. The first-order chi connectivity index (χ1) is 10.1. The molecule has 0 saturated heterocycles. The topological polar surface area (TPSA) is 77.5 Å². The summed E-state index contributed by atoms with van der Waals surface area (Å²) in [5.41, 5.74) is 3.21. The van der Waals surface area contributed by atoms with Crippen LogP contribution < -0.4 is 0 Å². The zero-order chi connectivity index (χ0) is 15.0. The SMILES string of the molecule is Cc1cccc2nc(-c3ccc([N+](=O)[O-])cc3)c(C=O)n12. The maximum Gasteiger partial charge on any atom is 0.269 e. The molecular weight excluding hydrogens is 270 g/mol. The molecule has 2 aromatic heterocycles. The first kappa shape index (κ1) is 13.0. The number of hydrogen-bond acceptors (Lipinski definition) is 4. The van der Waals surface area contributed by atoms with E-state index in [2.05, 4.69) is 4.98 Å². The molecular formula is C15H11N3O3. The summed E-state index contributed by atoms with van der Waals surface area (Å²) < 4.78 is 1.77. The van der Waals surface area contributed by atoms with Crippen LogP contribution in [0.1, 0.15) is 16.2 Å². The highest BCUT2D eigenvalue weighted by Crippen LogP contribution is 2.26. The molecule has 0 bridgehead atoms. The van der Waals surface area contributed by atoms with Gasteiger partial charge in [-0.3, -0.25) is 19.3 Å². The molecule has 21 heavy (non-hydrogen) atoms. The zero-order valence-corrected chi connectivity index (χ0v) is 11.2. The van der Waals surface area contributed by atoms with Crippen molar-refractivity contribution in [2.45, 2.75) is 6.92 Å². The lowest BCUT2D eigenvalue weighted by Crippen LogP contribution is -1.96. The number of hydrogen-bond donors (Lipinski definition) is 0. The van der Waals surface area contributed by atoms with Crippen molar-refractivity contribution in [3.63, 3.8) is 0 Å². The Hall–Kier alpha value is -3.02. The van der Waals surface area contributed by atoms with Gasteiger partial charge in [-0.1, -0.05) is 6.07 Å². The van der Waals surface area contributed by atoms with Crippen molar-refractivity contribution in [2.75, 3.05) is 0 Å². The van der Waals surface area contributed by atoms with Crippen LogP contribution in [0.15, 0.2) is 42.5 Å². The lowest BCUT2D eigenvalue weighted by molar-refractivity contribution is -0.384. The first-order valence-electron chi connectivity index (χ1n) is 6.30. The fourth-order valence-corrected chi connectivity index (χ4v) is 2.34. The number of imidazole rings is 1. The van der Waals surface area contributed by atoms with Crippen LogP contribution in [-0.4, -0.2) is 20.6 Å². The molecule has 6 heteroatoms. The second kappa shape index (κ2) is 4.82. The molecule has 0 N–H and O–H groups in total. The van der Waals surface area contributed by atoms with Crippen molar-refractivity contribution in [1.82, 2.24) is 9.38 Å². The van der Waals surface area contributed by atoms with Crippen molar-refractivity contribution < 1.29 is 9.72 Å². The number of nitrogens with zero attached hydrogens (tertiary/aromatic N) is 3. The smallest absolute Gasteiger partial charge is 0.269 e. The van der Waals surface area contributed by atoms with Crippen molar-refractivity contribution >= 4 is 17.6 Å². The normalized spacial score (nSPS) is 10.7. The number of pyridine rings is 1. The molecule has 6 nitrogen and oxygen atoms in total. The Morgan fingerprint density at radius 2 is 1.90 bits per heavy atom. The number of non-ortho nitro benzene ring substituents is 1. The highest BCUT2D eigenvalue weighted by atomic mass is 16.6. The minimum Gasteiger partial charge on any atom is -0.296 e. The van der Waals surface area contributed by atoms with Gasteiger partial charge in [0.15, 0.2) is 6.29 Å². The molecule has 2 heterocycles. The fraction of sp³-hybridized carbons (Fsp3) is 0.0667. The highest BCUT2D eigenvalue weighted by molar-refractivity contribution is 5.86. The maximum atomic E-state index is 11.4. The van der Waals surface area contributed by atoms with Gasteiger partial charge in [0.1, 0.15) is 17.0 Å². The minimum atomic E-state index is -0.460. The highest BCUT2D eigenvalue weighted by Gasteiger charge is 2.15. The third-order valence-corrected chi connectivity index (χ3v) is 3.34. The zero-order valence-electron chi connectivity index (χ0n) is 11.2. The fourth-order valence-electron chi connectivity index (χ4n) is 2.34. The van der Waals surface area contributed by atoms with E-state index in [4.69, 9.17) is 0 Å². The molecule has 0 radical (unpaired) electrons. The van der Waals surface area contributed by atoms with E-state index in [1.807, 2.05) is 25.1 Å². The van der Waals surface area contributed by atoms with Crippen molar-refractivity contribution in [2.24, 2.45) is 0 Å². The summed E-state index contributed by atoms with van der Waals surface area (Å²) in [7, 11) is 0. The Bertz CT molecular complexity index is 850. The molecule has 0 unspecified atom stereocenters. The predicted molar refractivity (Wildman–Crippen MR) is 77.4 cm³/mol. The van der Waals surface area contributed by atoms with E-state index in [0.717, 1.165) is 12.0 Å². The van der Waals surface area contributed by atoms with Gasteiger partial charge < -0.3 is 0 Å². The van der Waals surface area contributed by atoms with E-state index in [1.54, 1.807) is 16.5 Å². The van der Waals surface area contributed by atoms with Crippen LogP contribution in [0.3, 0.4) is 0 Å². The Morgan fingerprint density at radius 3 is 2.52 bits per heavy atom. The summed E-state index contributed by atoms with van der Waals surface area (Å²) in [5.74, 6) is 0. The minimum absolute atomic E-state index is 0.00588. The van der Waals surface area contributed by atoms with E-state index in [-0.39, 0.29) is 5.69 Å². The molecule has 0 amide bonds. The van der Waals surface area contributed by atoms with Crippen LogP contribution >= 0.6 is 0 Å². The van der Waals surface area contributed by atoms with Gasteiger partial charge in [0.25, 0.3) is 5.69 Å². The number of nitro benzene ring substituents is 1. The summed E-state index contributed by atoms with van der Waals surface area (Å²) in [6.07, 6.45) is 0.754. The van der Waals surface area contributed by atoms with E-state index < -0.39 is 4.92 Å². The van der Waals surface area contributed by atoms with E-state index in [1.165, 1.54) is 12.1 Å². The number of carbonyl (C=O) groups is 1. The standard InChI is InChI=1S/C15H11N3O3/c1-10-3-2-4-14-16-15(13(9-19)17(10)14)11-5-7-12(8-6-11)18(20)21/h2-9H,1H3. The summed E-state index contributed by atoms with van der Waals surface area (Å²) in [6, 6.07) is 11.6. The van der Waals surface area contributed by atoms with Crippen molar-refractivity contribution in [3.05, 3.63) is 64.0 Å². The summed E-state index contributed by atoms with van der Waals surface area (Å²) in [4.78, 5) is 26.1. The van der Waals surface area contributed by atoms with Crippen molar-refractivity contribution in [1.29, 1.82) is 0 Å². The van der Waals surface area contributed by atoms with E-state index in [9.17, 15) is 14.9 Å². The first-order valence-corrected chi connectivity index (χ1v) is 6.30. The number of rotatable bonds is 3. The molecule has 0 fully saturated rings. The Labute approximate surface area is 119 Å². The molecule has 0 aliphatic rings. The molecule has 0 saturated carbocycles. The average Bonchev–Trinajstić information content (AvgIpc) is 2.87. The summed E-state index contributed by atoms with van der Waals surface area (Å²) >= 11 is 0. The van der Waals surface area contributed by atoms with Crippen LogP contribution in [0.5, 0.6) is 0 Å². The van der Waals surface area contributed by atoms with Gasteiger partial charge in [-0.25, -0.2) is 4.98 Å². The van der Waals surface area contributed by atoms with Crippen LogP contribution in [0.25, 0.3) is 16.9 Å². The predicted octanol–water partition coefficient (Wildman–Crippen LogP) is 3.03. The van der Waals surface area contributed by atoms with Crippen LogP contribution in [0, 0.1) is 17.0 Å². The Kier molecular flexibility index (Phi) is 2.98. The van der Waals surface area contributed by atoms with Gasteiger partial charge in [-0.15, -0.1) is 0 Å². The molecule has 0 aliphatic heterocycles. The Balaban J connectivity index is 2.22. The largest absolute Gasteiger partial charge is 0.296 e. The summed E-state index contributed by atoms with van der Waals surface area (Å²) in [5, 5.41) is 10.7. The average molecular weight is 281 g/mol. The van der Waals surface area contributed by atoms with Crippen LogP contribution in [-0.2, 0) is 0 Å². The third kappa shape index (κ3) is 2.06.